The first-order chi connectivity index (χ1) is 9.09. The van der Waals surface area contributed by atoms with Gasteiger partial charge in [-0.1, -0.05) is 32.0 Å². The number of rotatable bonds is 3. The molecule has 4 heteroatoms. The summed E-state index contributed by atoms with van der Waals surface area (Å²) in [5, 5.41) is 3.05. The third kappa shape index (κ3) is 3.26. The van der Waals surface area contributed by atoms with Gasteiger partial charge in [0.2, 0.25) is 5.91 Å². The Hall–Kier alpha value is -1.55. The Morgan fingerprint density at radius 1 is 1.42 bits per heavy atom. The van der Waals surface area contributed by atoms with E-state index in [4.69, 9.17) is 10.5 Å². The minimum absolute atomic E-state index is 0.00370. The number of benzene rings is 1. The van der Waals surface area contributed by atoms with E-state index in [-0.39, 0.29) is 17.9 Å². The number of hydrogen-bond donors (Lipinski definition) is 2. The van der Waals surface area contributed by atoms with Crippen LogP contribution >= 0.6 is 0 Å². The highest BCUT2D eigenvalue weighted by atomic mass is 16.5. The van der Waals surface area contributed by atoms with Crippen molar-refractivity contribution in [2.24, 2.45) is 11.7 Å². The third-order valence-electron chi connectivity index (χ3n) is 3.53. The molecule has 0 fully saturated rings. The van der Waals surface area contributed by atoms with Gasteiger partial charge in [-0.15, -0.1) is 0 Å². The summed E-state index contributed by atoms with van der Waals surface area (Å²) in [5.41, 5.74) is 6.94. The van der Waals surface area contributed by atoms with Crippen molar-refractivity contribution in [1.29, 1.82) is 0 Å². The molecule has 1 amide bonds. The summed E-state index contributed by atoms with van der Waals surface area (Å²) in [4.78, 5) is 12.1. The van der Waals surface area contributed by atoms with Crippen LogP contribution in [0, 0.1) is 5.92 Å². The molecule has 1 aliphatic heterocycles. The molecular formula is C15H22N2O2. The fraction of sp³-hybridized carbons (Fsp3) is 0.533. The van der Waals surface area contributed by atoms with Gasteiger partial charge in [-0.2, -0.15) is 0 Å². The number of ether oxygens (including phenoxy) is 1. The molecule has 0 saturated heterocycles. The molecule has 19 heavy (non-hydrogen) atoms. The largest absolute Gasteiger partial charge is 0.493 e. The smallest absolute Gasteiger partial charge is 0.237 e. The van der Waals surface area contributed by atoms with Gasteiger partial charge in [-0.25, -0.2) is 0 Å². The lowest BCUT2D eigenvalue weighted by atomic mass is 9.99. The standard InChI is InChI=1S/C15H22N2O2/c1-10(2)14(16)15(18)17-12-7-5-9-19-13-8-4-3-6-11(12)13/h3-4,6,8,10,12,14H,5,7,9,16H2,1-2H3,(H,17,18). The highest BCUT2D eigenvalue weighted by molar-refractivity contribution is 5.82. The van der Waals surface area contributed by atoms with E-state index in [9.17, 15) is 4.79 Å². The first-order valence-corrected chi connectivity index (χ1v) is 6.87. The minimum Gasteiger partial charge on any atom is -0.493 e. The van der Waals surface area contributed by atoms with E-state index in [1.807, 2.05) is 38.1 Å². The molecule has 2 unspecified atom stereocenters. The van der Waals surface area contributed by atoms with E-state index in [1.54, 1.807) is 0 Å². The number of nitrogens with one attached hydrogen (secondary N) is 1. The molecule has 1 aromatic carbocycles. The van der Waals surface area contributed by atoms with Gasteiger partial charge in [-0.3, -0.25) is 4.79 Å². The predicted octanol–water partition coefficient (Wildman–Crippen LogP) is 2.00. The first kappa shape index (κ1) is 13.9. The van der Waals surface area contributed by atoms with Crippen LogP contribution in [0.3, 0.4) is 0 Å². The van der Waals surface area contributed by atoms with E-state index in [0.717, 1.165) is 24.2 Å². The molecule has 0 saturated carbocycles. The highest BCUT2D eigenvalue weighted by Gasteiger charge is 2.24. The van der Waals surface area contributed by atoms with Crippen LogP contribution in [0.15, 0.2) is 24.3 Å². The van der Waals surface area contributed by atoms with E-state index in [1.165, 1.54) is 0 Å². The predicted molar refractivity (Wildman–Crippen MR) is 74.9 cm³/mol. The molecule has 0 aliphatic carbocycles. The van der Waals surface area contributed by atoms with Crippen molar-refractivity contribution in [1.82, 2.24) is 5.32 Å². The van der Waals surface area contributed by atoms with Crippen LogP contribution in [0.4, 0.5) is 0 Å². The third-order valence-corrected chi connectivity index (χ3v) is 3.53. The van der Waals surface area contributed by atoms with Gasteiger partial charge >= 0.3 is 0 Å². The van der Waals surface area contributed by atoms with Crippen molar-refractivity contribution in [3.05, 3.63) is 29.8 Å². The Kier molecular flexibility index (Phi) is 4.43. The lowest BCUT2D eigenvalue weighted by molar-refractivity contribution is -0.124. The molecule has 0 spiro atoms. The summed E-state index contributed by atoms with van der Waals surface area (Å²) in [6.07, 6.45) is 1.81. The molecule has 3 N–H and O–H groups in total. The summed E-state index contributed by atoms with van der Waals surface area (Å²) in [6.45, 7) is 4.60. The molecule has 1 heterocycles. The van der Waals surface area contributed by atoms with Gasteiger partial charge < -0.3 is 15.8 Å². The van der Waals surface area contributed by atoms with Crippen LogP contribution in [0.2, 0.25) is 0 Å². The monoisotopic (exact) mass is 262 g/mol. The van der Waals surface area contributed by atoms with Gasteiger partial charge in [0.1, 0.15) is 5.75 Å². The highest BCUT2D eigenvalue weighted by Crippen LogP contribution is 2.31. The van der Waals surface area contributed by atoms with Crippen LogP contribution < -0.4 is 15.8 Å². The molecule has 0 bridgehead atoms. The SMILES string of the molecule is CC(C)C(N)C(=O)NC1CCCOc2ccccc21. The maximum atomic E-state index is 12.1. The van der Waals surface area contributed by atoms with Crippen molar-refractivity contribution in [2.75, 3.05) is 6.61 Å². The van der Waals surface area contributed by atoms with Gasteiger partial charge in [0.05, 0.1) is 18.7 Å². The van der Waals surface area contributed by atoms with Crippen LogP contribution in [-0.4, -0.2) is 18.6 Å². The van der Waals surface area contributed by atoms with Crippen LogP contribution in [0.5, 0.6) is 5.75 Å². The van der Waals surface area contributed by atoms with E-state index < -0.39 is 6.04 Å². The molecule has 104 valence electrons. The fourth-order valence-electron chi connectivity index (χ4n) is 2.25. The van der Waals surface area contributed by atoms with E-state index >= 15 is 0 Å². The summed E-state index contributed by atoms with van der Waals surface area (Å²) < 4.78 is 5.69. The molecule has 4 nitrogen and oxygen atoms in total. The summed E-state index contributed by atoms with van der Waals surface area (Å²) in [5.74, 6) is 0.914. The van der Waals surface area contributed by atoms with Crippen molar-refractivity contribution in [2.45, 2.75) is 38.8 Å². The van der Waals surface area contributed by atoms with Gasteiger partial charge in [-0.05, 0) is 24.8 Å². The van der Waals surface area contributed by atoms with Gasteiger partial charge in [0, 0.05) is 5.56 Å². The zero-order valence-corrected chi connectivity index (χ0v) is 11.6. The fourth-order valence-corrected chi connectivity index (χ4v) is 2.25. The van der Waals surface area contributed by atoms with E-state index in [0.29, 0.717) is 6.61 Å². The maximum absolute atomic E-state index is 12.1. The lowest BCUT2D eigenvalue weighted by Crippen LogP contribution is -2.45. The average molecular weight is 262 g/mol. The molecule has 2 atom stereocenters. The zero-order valence-electron chi connectivity index (χ0n) is 11.6. The average Bonchev–Trinajstić information content (AvgIpc) is 2.60. The Morgan fingerprint density at radius 2 is 2.16 bits per heavy atom. The van der Waals surface area contributed by atoms with Gasteiger partial charge in [0.15, 0.2) is 0 Å². The number of fused-ring (bicyclic) bond motifs is 1. The number of para-hydroxylation sites is 1. The second-order valence-corrected chi connectivity index (χ2v) is 5.36. The number of carbonyl (C=O) groups is 1. The molecular weight excluding hydrogens is 240 g/mol. The molecule has 2 rings (SSSR count). The topological polar surface area (TPSA) is 64.4 Å². The molecule has 1 aliphatic rings. The Morgan fingerprint density at radius 3 is 2.89 bits per heavy atom. The number of amides is 1. The van der Waals surface area contributed by atoms with Crippen LogP contribution in [-0.2, 0) is 4.79 Å². The summed E-state index contributed by atoms with van der Waals surface area (Å²) in [6, 6.07) is 7.40. The van der Waals surface area contributed by atoms with Crippen molar-refractivity contribution in [3.63, 3.8) is 0 Å². The van der Waals surface area contributed by atoms with Crippen LogP contribution in [0.25, 0.3) is 0 Å². The normalized spacial score (nSPS) is 20.1. The second kappa shape index (κ2) is 6.06. The lowest BCUT2D eigenvalue weighted by Gasteiger charge is -2.22. The maximum Gasteiger partial charge on any atom is 0.237 e. The van der Waals surface area contributed by atoms with Gasteiger partial charge in [0.25, 0.3) is 0 Å². The second-order valence-electron chi connectivity index (χ2n) is 5.36. The molecule has 0 aromatic heterocycles. The number of hydrogen-bond acceptors (Lipinski definition) is 3. The first-order valence-electron chi connectivity index (χ1n) is 6.87. The Bertz CT molecular complexity index is 446. The van der Waals surface area contributed by atoms with E-state index in [2.05, 4.69) is 5.32 Å². The van der Waals surface area contributed by atoms with Crippen molar-refractivity contribution >= 4 is 5.91 Å². The van der Waals surface area contributed by atoms with Crippen LogP contribution in [0.1, 0.15) is 38.3 Å². The zero-order chi connectivity index (χ0) is 13.8. The minimum atomic E-state index is -0.462. The molecule has 0 radical (unpaired) electrons. The van der Waals surface area contributed by atoms with Crippen molar-refractivity contribution < 1.29 is 9.53 Å². The molecule has 1 aromatic rings. The summed E-state index contributed by atoms with van der Waals surface area (Å²) in [7, 11) is 0. The Balaban J connectivity index is 2.14. The quantitative estimate of drug-likeness (QED) is 0.875. The van der Waals surface area contributed by atoms with Crippen molar-refractivity contribution in [3.8, 4) is 5.75 Å². The summed E-state index contributed by atoms with van der Waals surface area (Å²) >= 11 is 0. The number of nitrogens with two attached hydrogens (primary N) is 1. The Labute approximate surface area is 114 Å². The number of carbonyl (C=O) groups excluding carboxylic acids is 1.